The van der Waals surface area contributed by atoms with Gasteiger partial charge in [0.1, 0.15) is 0 Å². The van der Waals surface area contributed by atoms with Crippen LogP contribution in [-0.4, -0.2) is 79.7 Å². The highest BCUT2D eigenvalue weighted by molar-refractivity contribution is 8.76. The van der Waals surface area contributed by atoms with Crippen LogP contribution < -0.4 is 0 Å². The van der Waals surface area contributed by atoms with Crippen LogP contribution in [0.4, 0.5) is 0 Å². The molecule has 0 spiro atoms. The Kier molecular flexibility index (Phi) is 23.4. The fraction of sp³-hybridized carbons (Fsp3) is 1.00. The number of hydrogen-bond acceptors (Lipinski definition) is 8. The molecule has 0 amide bonds. The first-order chi connectivity index (χ1) is 13.6. The molecule has 0 aromatic rings. The van der Waals surface area contributed by atoms with E-state index in [2.05, 4.69) is 0 Å². The molecule has 0 heterocycles. The van der Waals surface area contributed by atoms with Gasteiger partial charge in [0.2, 0.25) is 0 Å². The molecule has 0 aliphatic rings. The minimum Gasteiger partial charge on any atom is -0.374 e. The standard InChI is InChI=1S/C18H42O6S2Si2.Si/c1-7-19-27(20-8-2,21-9-3)17-13-15-25-26-16-14-18-28(22-10-4,23-11-5)24-12-6;/h7-18H2,1-6H3;. The molecule has 0 aromatic carbocycles. The quantitative estimate of drug-likeness (QED) is 0.125. The van der Waals surface area contributed by atoms with Gasteiger partial charge in [-0.1, -0.05) is 21.6 Å². The van der Waals surface area contributed by atoms with Crippen LogP contribution in [-0.2, 0) is 26.6 Å². The summed E-state index contributed by atoms with van der Waals surface area (Å²) >= 11 is 0. The van der Waals surface area contributed by atoms with Crippen molar-refractivity contribution in [3.8, 4) is 0 Å². The smallest absolute Gasteiger partial charge is 0.374 e. The van der Waals surface area contributed by atoms with Crippen LogP contribution >= 0.6 is 21.6 Å². The van der Waals surface area contributed by atoms with Crippen molar-refractivity contribution >= 4 is 50.2 Å². The van der Waals surface area contributed by atoms with E-state index in [1.54, 1.807) is 0 Å². The lowest BCUT2D eigenvalue weighted by atomic mass is 10.6. The highest BCUT2D eigenvalue weighted by Crippen LogP contribution is 2.28. The third-order valence-corrected chi connectivity index (χ3v) is 12.6. The summed E-state index contributed by atoms with van der Waals surface area (Å²) in [5, 5.41) is 0. The van der Waals surface area contributed by atoms with E-state index in [4.69, 9.17) is 26.6 Å². The average molecular weight is 503 g/mol. The first-order valence-corrected chi connectivity index (χ1v) is 17.0. The maximum absolute atomic E-state index is 5.90. The zero-order valence-electron chi connectivity index (χ0n) is 19.3. The van der Waals surface area contributed by atoms with E-state index in [0.29, 0.717) is 39.6 Å². The van der Waals surface area contributed by atoms with Gasteiger partial charge in [-0.05, 0) is 54.4 Å². The Labute approximate surface area is 194 Å². The molecule has 0 saturated heterocycles. The van der Waals surface area contributed by atoms with E-state index < -0.39 is 17.6 Å². The van der Waals surface area contributed by atoms with Crippen LogP contribution in [0.3, 0.4) is 0 Å². The Balaban J connectivity index is 0. The monoisotopic (exact) mass is 502 g/mol. The maximum Gasteiger partial charge on any atom is 0.500 e. The molecule has 0 saturated carbocycles. The molecule has 4 radical (unpaired) electrons. The second-order valence-electron chi connectivity index (χ2n) is 5.82. The van der Waals surface area contributed by atoms with Gasteiger partial charge < -0.3 is 26.6 Å². The molecular weight excluding hydrogens is 461 g/mol. The number of rotatable bonds is 21. The van der Waals surface area contributed by atoms with Crippen molar-refractivity contribution in [1.29, 1.82) is 0 Å². The van der Waals surface area contributed by atoms with E-state index in [9.17, 15) is 0 Å². The lowest BCUT2D eigenvalue weighted by Gasteiger charge is -2.28. The van der Waals surface area contributed by atoms with Gasteiger partial charge in [0.25, 0.3) is 0 Å². The summed E-state index contributed by atoms with van der Waals surface area (Å²) in [6.07, 6.45) is 2.08. The Morgan fingerprint density at radius 2 is 0.724 bits per heavy atom. The van der Waals surface area contributed by atoms with E-state index in [1.165, 1.54) is 0 Å². The minimum atomic E-state index is -2.49. The molecule has 0 unspecified atom stereocenters. The van der Waals surface area contributed by atoms with Crippen LogP contribution in [0.15, 0.2) is 0 Å². The van der Waals surface area contributed by atoms with Crippen LogP contribution in [0.25, 0.3) is 0 Å². The predicted octanol–water partition coefficient (Wildman–Crippen LogP) is 4.86. The van der Waals surface area contributed by atoms with E-state index in [-0.39, 0.29) is 11.0 Å². The lowest BCUT2D eigenvalue weighted by molar-refractivity contribution is 0.0704. The minimum absolute atomic E-state index is 0. The van der Waals surface area contributed by atoms with Crippen molar-refractivity contribution in [2.75, 3.05) is 51.1 Å². The fourth-order valence-corrected chi connectivity index (χ4v) is 10.7. The summed E-state index contributed by atoms with van der Waals surface area (Å²) < 4.78 is 35.4. The van der Waals surface area contributed by atoms with Crippen molar-refractivity contribution in [3.05, 3.63) is 0 Å². The summed E-state index contributed by atoms with van der Waals surface area (Å²) in [5.41, 5.74) is 0. The van der Waals surface area contributed by atoms with Gasteiger partial charge in [-0.3, -0.25) is 0 Å². The van der Waals surface area contributed by atoms with Crippen LogP contribution in [0.2, 0.25) is 12.1 Å². The van der Waals surface area contributed by atoms with E-state index in [0.717, 1.165) is 36.4 Å². The third-order valence-electron chi connectivity index (χ3n) is 3.69. The third kappa shape index (κ3) is 14.7. The van der Waals surface area contributed by atoms with E-state index in [1.807, 2.05) is 63.1 Å². The summed E-state index contributed by atoms with van der Waals surface area (Å²) in [7, 11) is -1.17. The molecular formula is C18H42O6S2Si3. The van der Waals surface area contributed by atoms with Crippen LogP contribution in [0, 0.1) is 0 Å². The SMILES string of the molecule is CCO[Si](CCCSSCCC[Si](OCC)(OCC)OCC)(OCC)OCC.[Si]. The molecule has 11 heteroatoms. The second kappa shape index (κ2) is 21.0. The normalized spacial score (nSPS) is 12.2. The van der Waals surface area contributed by atoms with Crippen molar-refractivity contribution in [2.45, 2.75) is 66.5 Å². The van der Waals surface area contributed by atoms with Crippen molar-refractivity contribution < 1.29 is 26.6 Å². The predicted molar refractivity (Wildman–Crippen MR) is 131 cm³/mol. The molecule has 0 atom stereocenters. The number of hydrogen-bond donors (Lipinski definition) is 0. The highest BCUT2D eigenvalue weighted by atomic mass is 33.1. The Morgan fingerprint density at radius 1 is 0.483 bits per heavy atom. The first kappa shape index (κ1) is 32.3. The van der Waals surface area contributed by atoms with Gasteiger partial charge in [-0.2, -0.15) is 0 Å². The van der Waals surface area contributed by atoms with Crippen LogP contribution in [0.5, 0.6) is 0 Å². The highest BCUT2D eigenvalue weighted by Gasteiger charge is 2.40. The zero-order valence-corrected chi connectivity index (χ0v) is 23.9. The Hall–Kier alpha value is 1.11. The van der Waals surface area contributed by atoms with Gasteiger partial charge >= 0.3 is 17.6 Å². The van der Waals surface area contributed by atoms with Crippen molar-refractivity contribution in [1.82, 2.24) is 0 Å². The zero-order chi connectivity index (χ0) is 21.1. The maximum atomic E-state index is 5.90. The molecule has 0 aromatic heterocycles. The molecule has 0 rings (SSSR count). The Morgan fingerprint density at radius 3 is 0.931 bits per heavy atom. The molecule has 174 valence electrons. The van der Waals surface area contributed by atoms with Gasteiger partial charge in [0.15, 0.2) is 0 Å². The molecule has 6 nitrogen and oxygen atoms in total. The van der Waals surface area contributed by atoms with E-state index >= 15 is 0 Å². The fourth-order valence-electron chi connectivity index (χ4n) is 2.82. The molecule has 0 bridgehead atoms. The van der Waals surface area contributed by atoms with Crippen molar-refractivity contribution in [2.24, 2.45) is 0 Å². The van der Waals surface area contributed by atoms with Gasteiger partial charge in [-0.15, -0.1) is 0 Å². The van der Waals surface area contributed by atoms with Crippen LogP contribution in [0.1, 0.15) is 54.4 Å². The molecule has 0 aliphatic carbocycles. The molecule has 0 N–H and O–H groups in total. The summed E-state index contributed by atoms with van der Waals surface area (Å²) in [6.45, 7) is 15.8. The average Bonchev–Trinajstić information content (AvgIpc) is 2.65. The van der Waals surface area contributed by atoms with Crippen molar-refractivity contribution in [3.63, 3.8) is 0 Å². The molecule has 0 fully saturated rings. The first-order valence-electron chi connectivity index (χ1n) is 10.7. The summed E-state index contributed by atoms with van der Waals surface area (Å²) in [4.78, 5) is 0. The second-order valence-corrected chi connectivity index (χ2v) is 14.0. The Bertz CT molecular complexity index is 294. The largest absolute Gasteiger partial charge is 0.500 e. The lowest BCUT2D eigenvalue weighted by Crippen LogP contribution is -2.46. The van der Waals surface area contributed by atoms with Gasteiger partial charge in [0.05, 0.1) is 0 Å². The molecule has 0 aliphatic heterocycles. The van der Waals surface area contributed by atoms with Gasteiger partial charge in [-0.25, -0.2) is 0 Å². The van der Waals surface area contributed by atoms with Gasteiger partial charge in [0, 0.05) is 74.2 Å². The summed E-state index contributed by atoms with van der Waals surface area (Å²) in [5.74, 6) is 2.13. The molecule has 29 heavy (non-hydrogen) atoms. The summed E-state index contributed by atoms with van der Waals surface area (Å²) in [6, 6.07) is 1.76. The topological polar surface area (TPSA) is 55.4 Å².